The topological polar surface area (TPSA) is 24.1 Å². The molecule has 0 unspecified atom stereocenters. The standard InChI is InChI=1S/C9H16N2Si/c1-2-10-7-11-8-5-3-4-6-9(8)12/h3-6,10-11H,2,7H2,1,12H3. The van der Waals surface area contributed by atoms with Gasteiger partial charge in [-0.1, -0.05) is 25.1 Å². The van der Waals surface area contributed by atoms with Gasteiger partial charge in [0.1, 0.15) is 0 Å². The lowest BCUT2D eigenvalue weighted by atomic mass is 10.3. The van der Waals surface area contributed by atoms with Crippen LogP contribution >= 0.6 is 0 Å². The number of rotatable bonds is 4. The summed E-state index contributed by atoms with van der Waals surface area (Å²) in [5.41, 5.74) is 1.27. The van der Waals surface area contributed by atoms with E-state index in [0.717, 1.165) is 23.5 Å². The van der Waals surface area contributed by atoms with Crippen molar-refractivity contribution in [1.82, 2.24) is 5.32 Å². The van der Waals surface area contributed by atoms with Gasteiger partial charge in [0.25, 0.3) is 0 Å². The summed E-state index contributed by atoms with van der Waals surface area (Å²) in [5.74, 6) is 0. The van der Waals surface area contributed by atoms with Crippen molar-refractivity contribution in [2.75, 3.05) is 18.5 Å². The van der Waals surface area contributed by atoms with Gasteiger partial charge in [0, 0.05) is 15.9 Å². The Balaban J connectivity index is 2.46. The Labute approximate surface area is 76.8 Å². The first-order chi connectivity index (χ1) is 5.84. The summed E-state index contributed by atoms with van der Waals surface area (Å²) in [6, 6.07) is 8.44. The Hall–Kier alpha value is -0.803. The third-order valence-corrected chi connectivity index (χ3v) is 2.67. The van der Waals surface area contributed by atoms with Crippen LogP contribution in [0, 0.1) is 0 Å². The first kappa shape index (κ1) is 9.29. The minimum atomic E-state index is 0.857. The molecule has 66 valence electrons. The zero-order valence-corrected chi connectivity index (χ0v) is 9.72. The van der Waals surface area contributed by atoms with Crippen molar-refractivity contribution in [2.24, 2.45) is 0 Å². The highest BCUT2D eigenvalue weighted by Gasteiger charge is 1.92. The Bertz CT molecular complexity index is 238. The molecule has 1 aromatic carbocycles. The van der Waals surface area contributed by atoms with Crippen molar-refractivity contribution in [3.05, 3.63) is 24.3 Å². The van der Waals surface area contributed by atoms with E-state index in [2.05, 4.69) is 41.8 Å². The maximum Gasteiger partial charge on any atom is 0.0652 e. The molecule has 0 heterocycles. The van der Waals surface area contributed by atoms with Gasteiger partial charge in [0.15, 0.2) is 0 Å². The minimum Gasteiger partial charge on any atom is -0.373 e. The fourth-order valence-corrected chi connectivity index (χ4v) is 1.59. The van der Waals surface area contributed by atoms with Crippen LogP contribution in [0.1, 0.15) is 6.92 Å². The van der Waals surface area contributed by atoms with E-state index in [1.54, 1.807) is 0 Å². The molecule has 3 heteroatoms. The zero-order chi connectivity index (χ0) is 8.81. The number of hydrogen-bond donors (Lipinski definition) is 2. The largest absolute Gasteiger partial charge is 0.373 e. The molecule has 1 rings (SSSR count). The molecule has 2 nitrogen and oxygen atoms in total. The Morgan fingerprint density at radius 1 is 1.33 bits per heavy atom. The Morgan fingerprint density at radius 2 is 2.08 bits per heavy atom. The van der Waals surface area contributed by atoms with Crippen LogP contribution in [0.15, 0.2) is 24.3 Å². The van der Waals surface area contributed by atoms with Crippen LogP contribution in [-0.4, -0.2) is 23.5 Å². The number of hydrogen-bond acceptors (Lipinski definition) is 2. The minimum absolute atomic E-state index is 0.857. The second-order valence-corrected chi connectivity index (χ2v) is 3.85. The average molecular weight is 180 g/mol. The summed E-state index contributed by atoms with van der Waals surface area (Å²) in [6.07, 6.45) is 0. The van der Waals surface area contributed by atoms with Crippen molar-refractivity contribution in [1.29, 1.82) is 0 Å². The Kier molecular flexibility index (Phi) is 3.83. The predicted octanol–water partition coefficient (Wildman–Crippen LogP) is -0.344. The number of nitrogens with one attached hydrogen (secondary N) is 2. The first-order valence-corrected chi connectivity index (χ1v) is 5.35. The summed E-state index contributed by atoms with van der Waals surface area (Å²) in [4.78, 5) is 0. The number of anilines is 1. The molecule has 0 aromatic heterocycles. The van der Waals surface area contributed by atoms with Gasteiger partial charge in [-0.3, -0.25) is 0 Å². The summed E-state index contributed by atoms with van der Waals surface area (Å²) >= 11 is 0. The lowest BCUT2D eigenvalue weighted by molar-refractivity contribution is 0.771. The number of benzene rings is 1. The molecule has 0 amide bonds. The summed E-state index contributed by atoms with van der Waals surface area (Å²) < 4.78 is 0. The maximum absolute atomic E-state index is 3.34. The third kappa shape index (κ3) is 2.68. The van der Waals surface area contributed by atoms with E-state index in [4.69, 9.17) is 0 Å². The molecule has 0 bridgehead atoms. The normalized spacial score (nSPS) is 10.1. The molecule has 12 heavy (non-hydrogen) atoms. The van der Waals surface area contributed by atoms with E-state index >= 15 is 0 Å². The molecular weight excluding hydrogens is 164 g/mol. The Morgan fingerprint density at radius 3 is 2.75 bits per heavy atom. The number of para-hydroxylation sites is 1. The zero-order valence-electron chi connectivity index (χ0n) is 7.72. The second-order valence-electron chi connectivity index (χ2n) is 2.77. The fraction of sp³-hybridized carbons (Fsp3) is 0.333. The molecule has 0 aliphatic heterocycles. The van der Waals surface area contributed by atoms with Crippen LogP contribution in [0.25, 0.3) is 0 Å². The van der Waals surface area contributed by atoms with Gasteiger partial charge < -0.3 is 10.6 Å². The van der Waals surface area contributed by atoms with Crippen LogP contribution in [0.4, 0.5) is 5.69 Å². The van der Waals surface area contributed by atoms with Crippen molar-refractivity contribution in [3.63, 3.8) is 0 Å². The second kappa shape index (κ2) is 4.95. The highest BCUT2D eigenvalue weighted by atomic mass is 28.1. The molecule has 0 radical (unpaired) electrons. The van der Waals surface area contributed by atoms with Gasteiger partial charge in [-0.05, 0) is 17.8 Å². The predicted molar refractivity (Wildman–Crippen MR) is 58.2 cm³/mol. The molecule has 0 spiro atoms. The molecule has 0 saturated heterocycles. The van der Waals surface area contributed by atoms with Crippen LogP contribution in [0.5, 0.6) is 0 Å². The molecular formula is C9H16N2Si. The van der Waals surface area contributed by atoms with Gasteiger partial charge in [-0.2, -0.15) is 0 Å². The van der Waals surface area contributed by atoms with E-state index in [-0.39, 0.29) is 0 Å². The fourth-order valence-electron chi connectivity index (χ4n) is 1.05. The first-order valence-electron chi connectivity index (χ1n) is 4.35. The van der Waals surface area contributed by atoms with E-state index in [1.165, 1.54) is 10.9 Å². The lowest BCUT2D eigenvalue weighted by Gasteiger charge is -2.08. The van der Waals surface area contributed by atoms with E-state index in [9.17, 15) is 0 Å². The smallest absolute Gasteiger partial charge is 0.0652 e. The molecule has 0 fully saturated rings. The molecule has 2 N–H and O–H groups in total. The summed E-state index contributed by atoms with van der Waals surface area (Å²) in [7, 11) is 1.10. The van der Waals surface area contributed by atoms with Crippen LogP contribution in [-0.2, 0) is 0 Å². The van der Waals surface area contributed by atoms with Crippen LogP contribution in [0.2, 0.25) is 0 Å². The van der Waals surface area contributed by atoms with E-state index < -0.39 is 0 Å². The van der Waals surface area contributed by atoms with E-state index in [1.807, 2.05) is 0 Å². The quantitative estimate of drug-likeness (QED) is 0.376. The van der Waals surface area contributed by atoms with Crippen molar-refractivity contribution in [2.45, 2.75) is 6.92 Å². The van der Waals surface area contributed by atoms with Crippen molar-refractivity contribution in [3.8, 4) is 0 Å². The van der Waals surface area contributed by atoms with Gasteiger partial charge in [-0.25, -0.2) is 0 Å². The molecule has 0 aliphatic rings. The van der Waals surface area contributed by atoms with Crippen molar-refractivity contribution < 1.29 is 0 Å². The molecule has 0 saturated carbocycles. The van der Waals surface area contributed by atoms with E-state index in [0.29, 0.717) is 0 Å². The van der Waals surface area contributed by atoms with Gasteiger partial charge in [0.05, 0.1) is 6.67 Å². The van der Waals surface area contributed by atoms with Gasteiger partial charge in [-0.15, -0.1) is 0 Å². The molecule has 1 aromatic rings. The average Bonchev–Trinajstić information content (AvgIpc) is 2.09. The molecule has 0 atom stereocenters. The third-order valence-electron chi connectivity index (χ3n) is 1.80. The van der Waals surface area contributed by atoms with Gasteiger partial charge in [0.2, 0.25) is 0 Å². The van der Waals surface area contributed by atoms with Gasteiger partial charge >= 0.3 is 0 Å². The van der Waals surface area contributed by atoms with Crippen LogP contribution in [0.3, 0.4) is 0 Å². The summed E-state index contributed by atoms with van der Waals surface area (Å²) in [6.45, 7) is 3.97. The summed E-state index contributed by atoms with van der Waals surface area (Å²) in [5, 5.41) is 7.99. The highest BCUT2D eigenvalue weighted by molar-refractivity contribution is 6.35. The maximum atomic E-state index is 3.34. The van der Waals surface area contributed by atoms with Crippen molar-refractivity contribution >= 4 is 21.1 Å². The SMILES string of the molecule is CCNCNc1ccccc1[SiH3]. The lowest BCUT2D eigenvalue weighted by Crippen LogP contribution is -2.24. The highest BCUT2D eigenvalue weighted by Crippen LogP contribution is 1.99. The monoisotopic (exact) mass is 180 g/mol. The van der Waals surface area contributed by atoms with Crippen LogP contribution < -0.4 is 15.8 Å². The molecule has 0 aliphatic carbocycles.